The highest BCUT2D eigenvalue weighted by Crippen LogP contribution is 2.29. The van der Waals surface area contributed by atoms with Crippen LogP contribution in [0.4, 0.5) is 0 Å². The molecule has 0 radical (unpaired) electrons. The standard InChI is InChI=1S/C14H18ClN3/c1-4-16-8-11-5-6-12(15)7-13(11)14-9-18(3)17-10(14)2/h5-7,9,16H,4,8H2,1-3H3. The maximum Gasteiger partial charge on any atom is 0.0672 e. The fourth-order valence-corrected chi connectivity index (χ4v) is 2.25. The van der Waals surface area contributed by atoms with Gasteiger partial charge in [0.05, 0.1) is 5.69 Å². The first-order valence-electron chi connectivity index (χ1n) is 6.11. The summed E-state index contributed by atoms with van der Waals surface area (Å²) in [5, 5.41) is 8.50. The van der Waals surface area contributed by atoms with Crippen molar-refractivity contribution < 1.29 is 0 Å². The minimum absolute atomic E-state index is 0.758. The van der Waals surface area contributed by atoms with E-state index in [2.05, 4.69) is 23.4 Å². The topological polar surface area (TPSA) is 29.9 Å². The number of hydrogen-bond donors (Lipinski definition) is 1. The second-order valence-electron chi connectivity index (χ2n) is 4.38. The SMILES string of the molecule is CCNCc1ccc(Cl)cc1-c1cn(C)nc1C. The van der Waals surface area contributed by atoms with Crippen LogP contribution in [0.5, 0.6) is 0 Å². The summed E-state index contributed by atoms with van der Waals surface area (Å²) >= 11 is 6.11. The van der Waals surface area contributed by atoms with Crippen molar-refractivity contribution in [2.75, 3.05) is 6.54 Å². The summed E-state index contributed by atoms with van der Waals surface area (Å²) in [6, 6.07) is 6.02. The van der Waals surface area contributed by atoms with Crippen molar-refractivity contribution in [3.8, 4) is 11.1 Å². The lowest BCUT2D eigenvalue weighted by molar-refractivity contribution is 0.728. The molecule has 96 valence electrons. The van der Waals surface area contributed by atoms with Crippen molar-refractivity contribution in [3.63, 3.8) is 0 Å². The molecule has 1 aromatic carbocycles. The summed E-state index contributed by atoms with van der Waals surface area (Å²) in [4.78, 5) is 0. The number of nitrogens with zero attached hydrogens (tertiary/aromatic N) is 2. The number of aromatic nitrogens is 2. The van der Waals surface area contributed by atoms with E-state index < -0.39 is 0 Å². The molecule has 0 aliphatic heterocycles. The van der Waals surface area contributed by atoms with Gasteiger partial charge in [-0.15, -0.1) is 0 Å². The van der Waals surface area contributed by atoms with Gasteiger partial charge in [-0.2, -0.15) is 5.10 Å². The van der Waals surface area contributed by atoms with Crippen LogP contribution in [0, 0.1) is 6.92 Å². The molecular weight excluding hydrogens is 246 g/mol. The molecule has 0 atom stereocenters. The Kier molecular flexibility index (Phi) is 4.04. The van der Waals surface area contributed by atoms with Crippen molar-refractivity contribution in [1.29, 1.82) is 0 Å². The third kappa shape index (κ3) is 2.74. The molecule has 0 spiro atoms. The minimum atomic E-state index is 0.758. The molecule has 3 nitrogen and oxygen atoms in total. The molecule has 0 saturated heterocycles. The lowest BCUT2D eigenvalue weighted by atomic mass is 10.0. The van der Waals surface area contributed by atoms with E-state index in [0.29, 0.717) is 0 Å². The molecule has 4 heteroatoms. The summed E-state index contributed by atoms with van der Waals surface area (Å²) < 4.78 is 1.84. The maximum atomic E-state index is 6.11. The largest absolute Gasteiger partial charge is 0.313 e. The quantitative estimate of drug-likeness (QED) is 0.918. The second kappa shape index (κ2) is 5.55. The number of halogens is 1. The van der Waals surface area contributed by atoms with E-state index in [4.69, 9.17) is 11.6 Å². The van der Waals surface area contributed by atoms with Gasteiger partial charge >= 0.3 is 0 Å². The first-order valence-corrected chi connectivity index (χ1v) is 6.49. The summed E-state index contributed by atoms with van der Waals surface area (Å²) in [5.41, 5.74) is 4.58. The number of hydrogen-bond acceptors (Lipinski definition) is 2. The number of aryl methyl sites for hydroxylation is 2. The monoisotopic (exact) mass is 263 g/mol. The van der Waals surface area contributed by atoms with Gasteiger partial charge in [0.25, 0.3) is 0 Å². The van der Waals surface area contributed by atoms with E-state index in [1.807, 2.05) is 37.0 Å². The Balaban J connectivity index is 2.47. The fourth-order valence-electron chi connectivity index (χ4n) is 2.08. The molecule has 2 aromatic rings. The van der Waals surface area contributed by atoms with E-state index in [9.17, 15) is 0 Å². The Labute approximate surface area is 113 Å². The minimum Gasteiger partial charge on any atom is -0.313 e. The molecule has 1 aromatic heterocycles. The molecule has 18 heavy (non-hydrogen) atoms. The maximum absolute atomic E-state index is 6.11. The van der Waals surface area contributed by atoms with Crippen LogP contribution in [0.25, 0.3) is 11.1 Å². The third-order valence-corrected chi connectivity index (χ3v) is 3.18. The van der Waals surface area contributed by atoms with Gasteiger partial charge in [0.15, 0.2) is 0 Å². The Morgan fingerprint density at radius 1 is 1.33 bits per heavy atom. The predicted octanol–water partition coefficient (Wildman–Crippen LogP) is 3.16. The highest BCUT2D eigenvalue weighted by molar-refractivity contribution is 6.30. The Bertz CT molecular complexity index is 546. The molecule has 1 N–H and O–H groups in total. The van der Waals surface area contributed by atoms with Gasteiger partial charge in [0, 0.05) is 30.4 Å². The summed E-state index contributed by atoms with van der Waals surface area (Å²) in [6.45, 7) is 5.92. The molecule has 2 rings (SSSR count). The lowest BCUT2D eigenvalue weighted by Crippen LogP contribution is -2.12. The predicted molar refractivity (Wildman–Crippen MR) is 75.8 cm³/mol. The normalized spacial score (nSPS) is 10.9. The van der Waals surface area contributed by atoms with Crippen LogP contribution in [0.2, 0.25) is 5.02 Å². The average molecular weight is 264 g/mol. The van der Waals surface area contributed by atoms with E-state index in [0.717, 1.165) is 34.9 Å². The van der Waals surface area contributed by atoms with Crippen molar-refractivity contribution >= 4 is 11.6 Å². The van der Waals surface area contributed by atoms with Crippen LogP contribution in [0.3, 0.4) is 0 Å². The van der Waals surface area contributed by atoms with Gasteiger partial charge in [-0.1, -0.05) is 24.6 Å². The molecular formula is C14H18ClN3. The fraction of sp³-hybridized carbons (Fsp3) is 0.357. The van der Waals surface area contributed by atoms with Gasteiger partial charge in [-0.3, -0.25) is 4.68 Å². The van der Waals surface area contributed by atoms with Crippen LogP contribution in [0.1, 0.15) is 18.2 Å². The van der Waals surface area contributed by atoms with Crippen molar-refractivity contribution in [2.24, 2.45) is 7.05 Å². The van der Waals surface area contributed by atoms with Crippen LogP contribution in [-0.2, 0) is 13.6 Å². The molecule has 0 bridgehead atoms. The smallest absolute Gasteiger partial charge is 0.0672 e. The van der Waals surface area contributed by atoms with Crippen LogP contribution < -0.4 is 5.32 Å². The van der Waals surface area contributed by atoms with Crippen molar-refractivity contribution in [2.45, 2.75) is 20.4 Å². The molecule has 0 fully saturated rings. The van der Waals surface area contributed by atoms with E-state index in [1.165, 1.54) is 5.56 Å². The second-order valence-corrected chi connectivity index (χ2v) is 4.82. The van der Waals surface area contributed by atoms with Crippen LogP contribution in [0.15, 0.2) is 24.4 Å². The Morgan fingerprint density at radius 3 is 2.72 bits per heavy atom. The van der Waals surface area contributed by atoms with Crippen LogP contribution in [-0.4, -0.2) is 16.3 Å². The average Bonchev–Trinajstić information content (AvgIpc) is 2.67. The van der Waals surface area contributed by atoms with E-state index in [1.54, 1.807) is 0 Å². The zero-order valence-electron chi connectivity index (χ0n) is 11.0. The molecule has 0 aliphatic rings. The Hall–Kier alpha value is -1.32. The first kappa shape index (κ1) is 13.1. The summed E-state index contributed by atoms with van der Waals surface area (Å²) in [5.74, 6) is 0. The molecule has 0 aliphatic carbocycles. The van der Waals surface area contributed by atoms with Gasteiger partial charge in [0.1, 0.15) is 0 Å². The Morgan fingerprint density at radius 2 is 2.11 bits per heavy atom. The lowest BCUT2D eigenvalue weighted by Gasteiger charge is -2.10. The number of benzene rings is 1. The van der Waals surface area contributed by atoms with Gasteiger partial charge in [0.2, 0.25) is 0 Å². The molecule has 1 heterocycles. The van der Waals surface area contributed by atoms with E-state index >= 15 is 0 Å². The van der Waals surface area contributed by atoms with Crippen LogP contribution >= 0.6 is 11.6 Å². The van der Waals surface area contributed by atoms with Crippen molar-refractivity contribution in [1.82, 2.24) is 15.1 Å². The highest BCUT2D eigenvalue weighted by Gasteiger charge is 2.11. The third-order valence-electron chi connectivity index (χ3n) is 2.94. The highest BCUT2D eigenvalue weighted by atomic mass is 35.5. The van der Waals surface area contributed by atoms with E-state index in [-0.39, 0.29) is 0 Å². The zero-order chi connectivity index (χ0) is 13.1. The van der Waals surface area contributed by atoms with Gasteiger partial charge < -0.3 is 5.32 Å². The molecule has 0 amide bonds. The molecule has 0 saturated carbocycles. The summed E-state index contributed by atoms with van der Waals surface area (Å²) in [7, 11) is 1.94. The summed E-state index contributed by atoms with van der Waals surface area (Å²) in [6.07, 6.45) is 2.04. The zero-order valence-corrected chi connectivity index (χ0v) is 11.8. The molecule has 0 unspecified atom stereocenters. The number of nitrogens with one attached hydrogen (secondary N) is 1. The van der Waals surface area contributed by atoms with Crippen molar-refractivity contribution in [3.05, 3.63) is 40.7 Å². The van der Waals surface area contributed by atoms with Gasteiger partial charge in [-0.05, 0) is 36.7 Å². The van der Waals surface area contributed by atoms with Gasteiger partial charge in [-0.25, -0.2) is 0 Å². The first-order chi connectivity index (χ1) is 8.61. The number of rotatable bonds is 4.